The Labute approximate surface area is 158 Å². The number of esters is 2. The number of hydrogen-bond acceptors (Lipinski definition) is 6. The summed E-state index contributed by atoms with van der Waals surface area (Å²) in [5.74, 6) is -0.483. The van der Waals surface area contributed by atoms with Crippen molar-refractivity contribution in [3.8, 4) is 5.75 Å². The number of carbonyl (C=O) groups is 3. The van der Waals surface area contributed by atoms with Crippen LogP contribution in [0.1, 0.15) is 31.7 Å². The predicted octanol–water partition coefficient (Wildman–Crippen LogP) is 2.24. The lowest BCUT2D eigenvalue weighted by atomic mass is 9.98. The van der Waals surface area contributed by atoms with Crippen molar-refractivity contribution in [2.24, 2.45) is 0 Å². The van der Waals surface area contributed by atoms with Crippen molar-refractivity contribution in [1.82, 2.24) is 4.90 Å². The normalized spacial score (nSPS) is 18.5. The summed E-state index contributed by atoms with van der Waals surface area (Å²) in [5, 5.41) is 0. The van der Waals surface area contributed by atoms with E-state index in [4.69, 9.17) is 9.47 Å². The van der Waals surface area contributed by atoms with Gasteiger partial charge in [0.25, 0.3) is 0 Å². The summed E-state index contributed by atoms with van der Waals surface area (Å²) in [5.41, 5.74) is 0.921. The zero-order valence-electron chi connectivity index (χ0n) is 15.8. The van der Waals surface area contributed by atoms with Gasteiger partial charge in [0.05, 0.1) is 20.3 Å². The lowest BCUT2D eigenvalue weighted by molar-refractivity contribution is -0.149. The third-order valence-electron chi connectivity index (χ3n) is 4.37. The first kappa shape index (κ1) is 20.5. The van der Waals surface area contributed by atoms with Gasteiger partial charge in [-0.15, -0.1) is 0 Å². The molecule has 2 atom stereocenters. The fraction of sp³-hybridized carbons (Fsp3) is 0.450. The van der Waals surface area contributed by atoms with Crippen LogP contribution >= 0.6 is 0 Å². The highest BCUT2D eigenvalue weighted by molar-refractivity contribution is 5.94. The van der Waals surface area contributed by atoms with Crippen LogP contribution in [0.3, 0.4) is 0 Å². The van der Waals surface area contributed by atoms with Crippen LogP contribution in [0.25, 0.3) is 0 Å². The third kappa shape index (κ3) is 6.13. The fourth-order valence-corrected chi connectivity index (χ4v) is 2.97. The van der Waals surface area contributed by atoms with Crippen LogP contribution in [0.2, 0.25) is 0 Å². The predicted molar refractivity (Wildman–Crippen MR) is 97.9 cm³/mol. The van der Waals surface area contributed by atoms with Gasteiger partial charge >= 0.3 is 11.9 Å². The van der Waals surface area contributed by atoms with Gasteiger partial charge in [-0.05, 0) is 36.6 Å². The Balaban J connectivity index is 2.15. The summed E-state index contributed by atoms with van der Waals surface area (Å²) in [4.78, 5) is 37.0. The first-order valence-electron chi connectivity index (χ1n) is 8.77. The van der Waals surface area contributed by atoms with Crippen LogP contribution in [0, 0.1) is 0 Å². The molecule has 0 N–H and O–H groups in total. The van der Waals surface area contributed by atoms with Gasteiger partial charge in [-0.2, -0.15) is 0 Å². The van der Waals surface area contributed by atoms with Crippen LogP contribution in [0.4, 0.5) is 0 Å². The van der Waals surface area contributed by atoms with E-state index in [2.05, 4.69) is 4.74 Å². The molecule has 1 unspecified atom stereocenters. The highest BCUT2D eigenvalue weighted by Crippen LogP contribution is 2.23. The molecule has 7 nitrogen and oxygen atoms in total. The average molecular weight is 375 g/mol. The Morgan fingerprint density at radius 1 is 1.07 bits per heavy atom. The standard InChI is InChI=1S/C20H25NO6/c1-14(22)27-18-10-6-16(7-11-18)21(19(23)12-20(24)26-3)13-15-4-8-17(25-2)9-5-15/h4-6,8-10,16,18H,7,11-13H2,1-3H3/t16?,18-/m1/s1. The summed E-state index contributed by atoms with van der Waals surface area (Å²) in [6.07, 6.45) is 4.31. The molecule has 1 aromatic rings. The van der Waals surface area contributed by atoms with Crippen molar-refractivity contribution in [2.45, 2.75) is 44.9 Å². The maximum Gasteiger partial charge on any atom is 0.315 e. The molecule has 2 rings (SSSR count). The van der Waals surface area contributed by atoms with Crippen LogP contribution in [-0.4, -0.2) is 49.1 Å². The van der Waals surface area contributed by atoms with E-state index in [-0.39, 0.29) is 30.4 Å². The number of carbonyl (C=O) groups excluding carboxylic acids is 3. The van der Waals surface area contributed by atoms with Crippen molar-refractivity contribution in [3.05, 3.63) is 42.0 Å². The number of methoxy groups -OCH3 is 2. The second-order valence-corrected chi connectivity index (χ2v) is 6.30. The lowest BCUT2D eigenvalue weighted by Crippen LogP contribution is -2.41. The topological polar surface area (TPSA) is 82.1 Å². The van der Waals surface area contributed by atoms with Crippen LogP contribution in [-0.2, 0) is 30.4 Å². The third-order valence-corrected chi connectivity index (χ3v) is 4.37. The Kier molecular flexibility index (Phi) is 7.40. The van der Waals surface area contributed by atoms with Crippen molar-refractivity contribution < 1.29 is 28.6 Å². The Bertz CT molecular complexity index is 697. The summed E-state index contributed by atoms with van der Waals surface area (Å²) < 4.78 is 15.0. The molecule has 0 saturated heterocycles. The van der Waals surface area contributed by atoms with Gasteiger partial charge in [0, 0.05) is 13.5 Å². The van der Waals surface area contributed by atoms with E-state index in [0.717, 1.165) is 11.3 Å². The largest absolute Gasteiger partial charge is 0.497 e. The Morgan fingerprint density at radius 2 is 1.78 bits per heavy atom. The van der Waals surface area contributed by atoms with Gasteiger partial charge in [-0.3, -0.25) is 14.4 Å². The number of benzene rings is 1. The molecule has 0 saturated carbocycles. The van der Waals surface area contributed by atoms with E-state index in [0.29, 0.717) is 19.4 Å². The molecule has 0 aliphatic heterocycles. The van der Waals surface area contributed by atoms with Gasteiger partial charge in [0.15, 0.2) is 0 Å². The number of amides is 1. The van der Waals surface area contributed by atoms with Crippen LogP contribution < -0.4 is 4.74 Å². The second-order valence-electron chi connectivity index (χ2n) is 6.30. The fourth-order valence-electron chi connectivity index (χ4n) is 2.97. The summed E-state index contributed by atoms with van der Waals surface area (Å²) >= 11 is 0. The van der Waals surface area contributed by atoms with E-state index >= 15 is 0 Å². The van der Waals surface area contributed by atoms with E-state index < -0.39 is 5.97 Å². The summed E-state index contributed by atoms with van der Waals surface area (Å²) in [6, 6.07) is 7.23. The maximum absolute atomic E-state index is 12.7. The van der Waals surface area contributed by atoms with Gasteiger partial charge < -0.3 is 19.1 Å². The van der Waals surface area contributed by atoms with Gasteiger partial charge in [0.2, 0.25) is 5.91 Å². The molecule has 0 aromatic heterocycles. The van der Waals surface area contributed by atoms with Crippen LogP contribution in [0.15, 0.2) is 36.4 Å². The Hall–Kier alpha value is -2.83. The zero-order valence-corrected chi connectivity index (χ0v) is 15.8. The average Bonchev–Trinajstić information content (AvgIpc) is 2.66. The van der Waals surface area contributed by atoms with E-state index in [1.807, 2.05) is 30.3 Å². The molecule has 1 amide bonds. The summed E-state index contributed by atoms with van der Waals surface area (Å²) in [6.45, 7) is 1.73. The molecule has 0 spiro atoms. The molecule has 1 aliphatic rings. The number of nitrogens with zero attached hydrogens (tertiary/aromatic N) is 1. The first-order valence-corrected chi connectivity index (χ1v) is 8.77. The highest BCUT2D eigenvalue weighted by Gasteiger charge is 2.27. The monoisotopic (exact) mass is 375 g/mol. The first-order chi connectivity index (χ1) is 12.9. The van der Waals surface area contributed by atoms with Crippen molar-refractivity contribution in [1.29, 1.82) is 0 Å². The van der Waals surface area contributed by atoms with Gasteiger partial charge in [-0.25, -0.2) is 0 Å². The minimum atomic E-state index is -0.572. The molecular weight excluding hydrogens is 350 g/mol. The van der Waals surface area contributed by atoms with E-state index in [1.54, 1.807) is 18.1 Å². The number of rotatable bonds is 7. The SMILES string of the molecule is COC(=O)CC(=O)N(Cc1ccc(OC)cc1)C1C=C[C@@H](OC(C)=O)CC1. The zero-order chi connectivity index (χ0) is 19.8. The molecule has 0 heterocycles. The molecule has 27 heavy (non-hydrogen) atoms. The van der Waals surface area contributed by atoms with Crippen LogP contribution in [0.5, 0.6) is 5.75 Å². The van der Waals surface area contributed by atoms with Gasteiger partial charge in [0.1, 0.15) is 18.3 Å². The number of ether oxygens (including phenoxy) is 3. The van der Waals surface area contributed by atoms with E-state index in [9.17, 15) is 14.4 Å². The molecule has 0 fully saturated rings. The highest BCUT2D eigenvalue weighted by atomic mass is 16.5. The Morgan fingerprint density at radius 3 is 2.30 bits per heavy atom. The lowest BCUT2D eigenvalue weighted by Gasteiger charge is -2.33. The minimum absolute atomic E-state index is 0.184. The molecule has 1 aromatic carbocycles. The van der Waals surface area contributed by atoms with Gasteiger partial charge in [-0.1, -0.05) is 18.2 Å². The maximum atomic E-state index is 12.7. The van der Waals surface area contributed by atoms with Crippen molar-refractivity contribution in [2.75, 3.05) is 14.2 Å². The molecule has 7 heteroatoms. The molecular formula is C20H25NO6. The van der Waals surface area contributed by atoms with Crippen molar-refractivity contribution >= 4 is 17.8 Å². The smallest absolute Gasteiger partial charge is 0.315 e. The second kappa shape index (κ2) is 9.75. The minimum Gasteiger partial charge on any atom is -0.497 e. The summed E-state index contributed by atoms with van der Waals surface area (Å²) in [7, 11) is 2.85. The van der Waals surface area contributed by atoms with Crippen molar-refractivity contribution in [3.63, 3.8) is 0 Å². The molecule has 1 aliphatic carbocycles. The quantitative estimate of drug-likeness (QED) is 0.413. The van der Waals surface area contributed by atoms with E-state index in [1.165, 1.54) is 14.0 Å². The molecule has 146 valence electrons. The molecule has 0 radical (unpaired) electrons. The number of hydrogen-bond donors (Lipinski definition) is 0. The molecule has 0 bridgehead atoms.